The fraction of sp³-hybridized carbons (Fsp3) is 0.875. The first-order valence-electron chi connectivity index (χ1n) is 4.99. The molecule has 0 amide bonds. The minimum Gasteiger partial charge on any atom is -0.444 e. The topological polar surface area (TPSA) is 80.7 Å². The van der Waals surface area contributed by atoms with Gasteiger partial charge in [-0.3, -0.25) is 9.35 Å². The summed E-state index contributed by atoms with van der Waals surface area (Å²) in [6, 6.07) is 0. The van der Waals surface area contributed by atoms with Gasteiger partial charge in [-0.2, -0.15) is 30.4 Å². The summed E-state index contributed by atoms with van der Waals surface area (Å²) >= 11 is 0. The first kappa shape index (κ1) is 16.1. The Balaban J connectivity index is 2.99. The summed E-state index contributed by atoms with van der Waals surface area (Å²) in [6.07, 6.45) is -9.17. The molecular formula is C8H9F5O5S. The van der Waals surface area contributed by atoms with E-state index in [2.05, 4.69) is 4.74 Å². The highest BCUT2D eigenvalue weighted by atomic mass is 32.2. The second-order valence-electron chi connectivity index (χ2n) is 4.02. The number of hydrogen-bond donors (Lipinski definition) is 1. The Hall–Kier alpha value is -0.970. The van der Waals surface area contributed by atoms with Crippen LogP contribution in [0.3, 0.4) is 0 Å². The smallest absolute Gasteiger partial charge is 0.432 e. The van der Waals surface area contributed by atoms with E-state index >= 15 is 0 Å². The molecule has 0 aromatic rings. The van der Waals surface area contributed by atoms with Gasteiger partial charge in [0.05, 0.1) is 5.92 Å². The molecule has 112 valence electrons. The zero-order chi connectivity index (χ0) is 15.1. The van der Waals surface area contributed by atoms with Gasteiger partial charge in [0.1, 0.15) is 0 Å². The van der Waals surface area contributed by atoms with Gasteiger partial charge in [-0.1, -0.05) is 6.42 Å². The highest BCUT2D eigenvalue weighted by molar-refractivity contribution is 7.86. The molecule has 0 radical (unpaired) electrons. The van der Waals surface area contributed by atoms with E-state index in [4.69, 9.17) is 4.55 Å². The van der Waals surface area contributed by atoms with E-state index in [-0.39, 0.29) is 12.8 Å². The molecule has 0 bridgehead atoms. The molecule has 0 aliphatic heterocycles. The molecule has 0 aromatic carbocycles. The normalized spacial score (nSPS) is 19.7. The van der Waals surface area contributed by atoms with Crippen LogP contribution in [0.5, 0.6) is 0 Å². The third-order valence-corrected chi connectivity index (χ3v) is 3.52. The second-order valence-corrected chi connectivity index (χ2v) is 5.52. The maximum Gasteiger partial charge on any atom is 0.432 e. The molecule has 11 heteroatoms. The lowest BCUT2D eigenvalue weighted by Gasteiger charge is -2.30. The summed E-state index contributed by atoms with van der Waals surface area (Å²) in [7, 11) is -6.38. The second kappa shape index (κ2) is 4.85. The monoisotopic (exact) mass is 312 g/mol. The van der Waals surface area contributed by atoms with Crippen molar-refractivity contribution in [3.8, 4) is 0 Å². The fourth-order valence-electron chi connectivity index (χ4n) is 1.32. The van der Waals surface area contributed by atoms with Gasteiger partial charge < -0.3 is 4.74 Å². The van der Waals surface area contributed by atoms with Gasteiger partial charge in [0.15, 0.2) is 0 Å². The van der Waals surface area contributed by atoms with Crippen LogP contribution in [0, 0.1) is 5.92 Å². The average Bonchev–Trinajstić information content (AvgIpc) is 2.06. The Morgan fingerprint density at radius 1 is 1.21 bits per heavy atom. The predicted molar refractivity (Wildman–Crippen MR) is 49.8 cm³/mol. The lowest BCUT2D eigenvalue weighted by molar-refractivity contribution is -0.261. The van der Waals surface area contributed by atoms with Crippen LogP contribution in [0.25, 0.3) is 0 Å². The minimum atomic E-state index is -6.38. The molecule has 1 fully saturated rings. The van der Waals surface area contributed by atoms with Gasteiger partial charge in [0, 0.05) is 0 Å². The van der Waals surface area contributed by atoms with E-state index in [1.165, 1.54) is 0 Å². The standard InChI is InChI=1S/C8H9F5O5S/c9-7(10,11)6(8(12,13)19(15,16)17)18-5(14)4-2-1-3-4/h4,6H,1-3H2,(H,15,16,17). The zero-order valence-corrected chi connectivity index (χ0v) is 9.97. The van der Waals surface area contributed by atoms with E-state index in [1.54, 1.807) is 0 Å². The molecular weight excluding hydrogens is 303 g/mol. The van der Waals surface area contributed by atoms with Crippen molar-refractivity contribution in [1.29, 1.82) is 0 Å². The van der Waals surface area contributed by atoms with Gasteiger partial charge in [0.25, 0.3) is 6.10 Å². The van der Waals surface area contributed by atoms with Crippen molar-refractivity contribution < 1.29 is 44.5 Å². The van der Waals surface area contributed by atoms with E-state index in [9.17, 15) is 35.2 Å². The van der Waals surface area contributed by atoms with Crippen molar-refractivity contribution in [2.75, 3.05) is 0 Å². The van der Waals surface area contributed by atoms with Crippen LogP contribution in [0.4, 0.5) is 22.0 Å². The van der Waals surface area contributed by atoms with E-state index in [1.807, 2.05) is 0 Å². The molecule has 19 heavy (non-hydrogen) atoms. The van der Waals surface area contributed by atoms with Crippen molar-refractivity contribution in [2.45, 2.75) is 36.8 Å². The first-order chi connectivity index (χ1) is 8.37. The molecule has 1 aliphatic rings. The Kier molecular flexibility index (Phi) is 4.11. The molecule has 1 saturated carbocycles. The van der Waals surface area contributed by atoms with Gasteiger partial charge in [-0.05, 0) is 12.8 Å². The van der Waals surface area contributed by atoms with Crippen molar-refractivity contribution in [3.63, 3.8) is 0 Å². The molecule has 0 saturated heterocycles. The predicted octanol–water partition coefficient (Wildman–Crippen LogP) is 1.74. The van der Waals surface area contributed by atoms with Crippen molar-refractivity contribution in [3.05, 3.63) is 0 Å². The van der Waals surface area contributed by atoms with Gasteiger partial charge in [-0.15, -0.1) is 0 Å². The van der Waals surface area contributed by atoms with Crippen molar-refractivity contribution in [2.24, 2.45) is 5.92 Å². The molecule has 0 spiro atoms. The summed E-state index contributed by atoms with van der Waals surface area (Å²) < 4.78 is 95.4. The lowest BCUT2D eigenvalue weighted by atomic mass is 9.86. The van der Waals surface area contributed by atoms with E-state index in [0.29, 0.717) is 6.42 Å². The molecule has 5 nitrogen and oxygen atoms in total. The van der Waals surface area contributed by atoms with Gasteiger partial charge >= 0.3 is 27.5 Å². The zero-order valence-electron chi connectivity index (χ0n) is 9.15. The Bertz CT molecular complexity index is 453. The van der Waals surface area contributed by atoms with Gasteiger partial charge in [-0.25, -0.2) is 0 Å². The maximum atomic E-state index is 13.0. The first-order valence-corrected chi connectivity index (χ1v) is 6.43. The molecule has 1 unspecified atom stereocenters. The van der Waals surface area contributed by atoms with Gasteiger partial charge in [0.2, 0.25) is 0 Å². The number of halogens is 5. The number of rotatable bonds is 4. The quantitative estimate of drug-likeness (QED) is 0.486. The Labute approximate surface area is 104 Å². The van der Waals surface area contributed by atoms with Crippen molar-refractivity contribution in [1.82, 2.24) is 0 Å². The van der Waals surface area contributed by atoms with Crippen molar-refractivity contribution >= 4 is 16.1 Å². The number of ether oxygens (including phenoxy) is 1. The van der Waals surface area contributed by atoms with Crippen LogP contribution in [0.1, 0.15) is 19.3 Å². The fourth-order valence-corrected chi connectivity index (χ4v) is 1.77. The van der Waals surface area contributed by atoms with E-state index < -0.39 is 39.5 Å². The maximum absolute atomic E-state index is 13.0. The third-order valence-electron chi connectivity index (χ3n) is 2.62. The van der Waals surface area contributed by atoms with Crippen LogP contribution < -0.4 is 0 Å². The highest BCUT2D eigenvalue weighted by Gasteiger charge is 2.66. The lowest BCUT2D eigenvalue weighted by Crippen LogP contribution is -2.53. The van der Waals surface area contributed by atoms with E-state index in [0.717, 1.165) is 0 Å². The molecule has 0 aromatic heterocycles. The summed E-state index contributed by atoms with van der Waals surface area (Å²) in [6.45, 7) is 0. The summed E-state index contributed by atoms with van der Waals surface area (Å²) in [5, 5.41) is -5.66. The van der Waals surface area contributed by atoms with Crippen LogP contribution in [-0.4, -0.2) is 36.5 Å². The number of hydrogen-bond acceptors (Lipinski definition) is 4. The third kappa shape index (κ3) is 3.32. The Morgan fingerprint density at radius 3 is 1.95 bits per heavy atom. The average molecular weight is 312 g/mol. The summed E-state index contributed by atoms with van der Waals surface area (Å²) in [5.41, 5.74) is 0. The van der Waals surface area contributed by atoms with Crippen LogP contribution in [-0.2, 0) is 19.6 Å². The Morgan fingerprint density at radius 2 is 1.68 bits per heavy atom. The van der Waals surface area contributed by atoms with Crippen LogP contribution >= 0.6 is 0 Å². The SMILES string of the molecule is O=C(OC(C(F)(F)F)C(F)(F)S(=O)(=O)O)C1CCC1. The molecule has 1 N–H and O–H groups in total. The molecule has 1 aliphatic carbocycles. The number of esters is 1. The number of alkyl halides is 5. The summed E-state index contributed by atoms with van der Waals surface area (Å²) in [5.74, 6) is -2.51. The summed E-state index contributed by atoms with van der Waals surface area (Å²) in [4.78, 5) is 11.1. The minimum absolute atomic E-state index is 0.181. The molecule has 1 atom stereocenters. The van der Waals surface area contributed by atoms with Crippen LogP contribution in [0.2, 0.25) is 0 Å². The molecule has 1 rings (SSSR count). The molecule has 0 heterocycles. The number of carbonyl (C=O) groups excluding carboxylic acids is 1. The number of carbonyl (C=O) groups is 1. The highest BCUT2D eigenvalue weighted by Crippen LogP contribution is 2.39. The van der Waals surface area contributed by atoms with Crippen LogP contribution in [0.15, 0.2) is 0 Å². The largest absolute Gasteiger partial charge is 0.444 e.